The van der Waals surface area contributed by atoms with E-state index in [-0.39, 0.29) is 23.8 Å². The Morgan fingerprint density at radius 1 is 0.889 bits per heavy atom. The van der Waals surface area contributed by atoms with Crippen LogP contribution in [0.5, 0.6) is 5.75 Å². The lowest BCUT2D eigenvalue weighted by Crippen LogP contribution is -2.65. The maximum Gasteiger partial charge on any atom is 0.415 e. The molecule has 0 aromatic heterocycles. The molecular weight excluding hydrogens is 462 g/mol. The quantitative estimate of drug-likeness (QED) is 0.373. The van der Waals surface area contributed by atoms with Crippen LogP contribution < -0.4 is 9.64 Å². The molecule has 6 rings (SSSR count). The van der Waals surface area contributed by atoms with Crippen molar-refractivity contribution >= 4 is 11.8 Å². The average molecular weight is 494 g/mol. The van der Waals surface area contributed by atoms with E-state index in [1.54, 1.807) is 29.2 Å². The van der Waals surface area contributed by atoms with Gasteiger partial charge < -0.3 is 14.0 Å². The Balaban J connectivity index is 1.24. The second kappa shape index (κ2) is 10.7. The van der Waals surface area contributed by atoms with Crippen molar-refractivity contribution in [1.29, 1.82) is 0 Å². The Labute approximate surface area is 210 Å². The number of para-hydroxylation sites is 1. The van der Waals surface area contributed by atoms with Gasteiger partial charge in [0.2, 0.25) is 0 Å². The van der Waals surface area contributed by atoms with E-state index in [1.165, 1.54) is 24.3 Å². The number of hydrogen-bond acceptors (Lipinski definition) is 3. The van der Waals surface area contributed by atoms with Gasteiger partial charge in [0.15, 0.2) is 6.10 Å². The summed E-state index contributed by atoms with van der Waals surface area (Å²) in [5, 5.41) is 0. The van der Waals surface area contributed by atoms with Gasteiger partial charge in [-0.2, -0.15) is 0 Å². The lowest BCUT2D eigenvalue weighted by Gasteiger charge is -2.52. The molecule has 2 bridgehead atoms. The van der Waals surface area contributed by atoms with Crippen LogP contribution in [0.3, 0.4) is 0 Å². The van der Waals surface area contributed by atoms with Gasteiger partial charge in [0, 0.05) is 24.4 Å². The number of piperidine rings is 3. The summed E-state index contributed by atoms with van der Waals surface area (Å²) < 4.78 is 39.4. The Kier molecular flexibility index (Phi) is 7.18. The molecule has 0 radical (unpaired) electrons. The van der Waals surface area contributed by atoms with Crippen molar-refractivity contribution in [2.24, 2.45) is 5.92 Å². The molecule has 7 heteroatoms. The van der Waals surface area contributed by atoms with Crippen LogP contribution in [0.25, 0.3) is 0 Å². The Bertz CT molecular complexity index is 1150. The van der Waals surface area contributed by atoms with Crippen molar-refractivity contribution in [1.82, 2.24) is 0 Å². The summed E-state index contributed by atoms with van der Waals surface area (Å²) in [6.45, 7) is 4.50. The third kappa shape index (κ3) is 5.68. The Morgan fingerprint density at radius 2 is 1.53 bits per heavy atom. The maximum atomic E-state index is 13.5. The van der Waals surface area contributed by atoms with Crippen molar-refractivity contribution in [3.05, 3.63) is 96.1 Å². The number of carbonyl (C=O) groups excluding carboxylic acids is 1. The monoisotopic (exact) mass is 493 g/mol. The van der Waals surface area contributed by atoms with Crippen LogP contribution in [-0.4, -0.2) is 49.5 Å². The fourth-order valence-corrected chi connectivity index (χ4v) is 5.39. The maximum absolute atomic E-state index is 13.5. The first-order valence-electron chi connectivity index (χ1n) is 12.5. The first kappa shape index (κ1) is 24.3. The zero-order valence-corrected chi connectivity index (χ0v) is 20.2. The number of rotatable bonds is 8. The number of quaternary nitrogens is 1. The van der Waals surface area contributed by atoms with Crippen molar-refractivity contribution in [3.63, 3.8) is 0 Å². The number of halogens is 2. The van der Waals surface area contributed by atoms with Gasteiger partial charge in [0.05, 0.1) is 19.6 Å². The number of benzene rings is 3. The summed E-state index contributed by atoms with van der Waals surface area (Å²) in [5.41, 5.74) is 1.57. The van der Waals surface area contributed by atoms with Crippen LogP contribution in [0, 0.1) is 17.6 Å². The smallest absolute Gasteiger partial charge is 0.415 e. The summed E-state index contributed by atoms with van der Waals surface area (Å²) in [6, 6.07) is 21.7. The molecule has 0 saturated carbocycles. The highest BCUT2D eigenvalue weighted by atomic mass is 19.1. The zero-order chi connectivity index (χ0) is 25.0. The Morgan fingerprint density at radius 3 is 2.19 bits per heavy atom. The summed E-state index contributed by atoms with van der Waals surface area (Å²) in [6.07, 6.45) is 1.48. The molecule has 3 aromatic carbocycles. The van der Waals surface area contributed by atoms with Crippen LogP contribution in [0.4, 0.5) is 19.3 Å². The van der Waals surface area contributed by atoms with Gasteiger partial charge in [-0.15, -0.1) is 0 Å². The molecule has 3 aliphatic rings. The summed E-state index contributed by atoms with van der Waals surface area (Å²) in [4.78, 5) is 15.1. The molecule has 0 aliphatic carbocycles. The minimum atomic E-state index is -0.384. The van der Waals surface area contributed by atoms with E-state index >= 15 is 0 Å². The SMILES string of the molecule is O=C(O[C@H]1C[N+]2(CCOc3ccc(F)cc3)CCC1CC2)N(Cc1ccc(F)cc1)c1ccccc1. The molecule has 1 atom stereocenters. The zero-order valence-electron chi connectivity index (χ0n) is 20.2. The lowest BCUT2D eigenvalue weighted by molar-refractivity contribution is -0.946. The molecule has 3 aliphatic heterocycles. The van der Waals surface area contributed by atoms with E-state index in [4.69, 9.17) is 9.47 Å². The minimum absolute atomic E-state index is 0.162. The molecule has 3 heterocycles. The van der Waals surface area contributed by atoms with E-state index in [2.05, 4.69) is 0 Å². The molecule has 0 unspecified atom stereocenters. The number of carbonyl (C=O) groups is 1. The van der Waals surface area contributed by atoms with Crippen molar-refractivity contribution in [2.75, 3.05) is 37.7 Å². The normalized spacial score (nSPS) is 22.7. The van der Waals surface area contributed by atoms with E-state index < -0.39 is 0 Å². The second-order valence-electron chi connectivity index (χ2n) is 9.81. The number of nitrogens with zero attached hydrogens (tertiary/aromatic N) is 2. The van der Waals surface area contributed by atoms with E-state index in [0.717, 1.165) is 54.8 Å². The molecule has 188 valence electrons. The first-order chi connectivity index (χ1) is 17.5. The van der Waals surface area contributed by atoms with Gasteiger partial charge in [-0.1, -0.05) is 30.3 Å². The fraction of sp³-hybridized carbons (Fsp3) is 0.345. The molecule has 0 spiro atoms. The number of amides is 1. The molecular formula is C29H31F2N2O3+. The van der Waals surface area contributed by atoms with Gasteiger partial charge in [-0.05, 0) is 54.1 Å². The number of fused-ring (bicyclic) bond motifs is 3. The summed E-state index contributed by atoms with van der Waals surface area (Å²) in [7, 11) is 0. The van der Waals surface area contributed by atoms with Crippen LogP contribution in [0.1, 0.15) is 18.4 Å². The number of ether oxygens (including phenoxy) is 2. The third-order valence-corrected chi connectivity index (χ3v) is 7.48. The molecule has 3 saturated heterocycles. The molecule has 3 aromatic rings. The molecule has 5 nitrogen and oxygen atoms in total. The highest BCUT2D eigenvalue weighted by Gasteiger charge is 2.47. The van der Waals surface area contributed by atoms with Crippen LogP contribution in [0.15, 0.2) is 78.9 Å². The standard InChI is InChI=1S/C29H31F2N2O3/c30-24-8-6-22(7-9-24)20-32(26-4-2-1-3-5-26)29(34)36-28-21-33(16-14-23(28)15-17-33)18-19-35-27-12-10-25(31)11-13-27/h1-13,23,28H,14-21H2/q+1/t23?,28-,33?/m0/s1. The summed E-state index contributed by atoms with van der Waals surface area (Å²) in [5.74, 6) is 0.424. The van der Waals surface area contributed by atoms with Crippen LogP contribution in [0.2, 0.25) is 0 Å². The topological polar surface area (TPSA) is 38.8 Å². The van der Waals surface area contributed by atoms with E-state index in [1.807, 2.05) is 30.3 Å². The first-order valence-corrected chi connectivity index (χ1v) is 12.5. The van der Waals surface area contributed by atoms with E-state index in [9.17, 15) is 13.6 Å². The van der Waals surface area contributed by atoms with Gasteiger partial charge >= 0.3 is 6.09 Å². The largest absolute Gasteiger partial charge is 0.488 e. The molecule has 0 N–H and O–H groups in total. The van der Waals surface area contributed by atoms with Gasteiger partial charge in [0.25, 0.3) is 0 Å². The predicted molar refractivity (Wildman–Crippen MR) is 134 cm³/mol. The molecule has 1 amide bonds. The van der Waals surface area contributed by atoms with Crippen molar-refractivity contribution < 1.29 is 27.5 Å². The average Bonchev–Trinajstić information content (AvgIpc) is 2.90. The predicted octanol–water partition coefficient (Wildman–Crippen LogP) is 5.80. The van der Waals surface area contributed by atoms with Crippen molar-refractivity contribution in [3.8, 4) is 5.75 Å². The highest BCUT2D eigenvalue weighted by Crippen LogP contribution is 2.36. The van der Waals surface area contributed by atoms with Gasteiger partial charge in [-0.25, -0.2) is 13.6 Å². The molecule has 3 fully saturated rings. The Hall–Kier alpha value is -3.45. The van der Waals surface area contributed by atoms with Crippen LogP contribution in [-0.2, 0) is 11.3 Å². The minimum Gasteiger partial charge on any atom is -0.488 e. The van der Waals surface area contributed by atoms with Crippen LogP contribution >= 0.6 is 0 Å². The summed E-state index contributed by atoms with van der Waals surface area (Å²) >= 11 is 0. The van der Waals surface area contributed by atoms with Gasteiger partial charge in [0.1, 0.15) is 37.1 Å². The molecule has 36 heavy (non-hydrogen) atoms. The number of anilines is 1. The van der Waals surface area contributed by atoms with Crippen molar-refractivity contribution in [2.45, 2.75) is 25.5 Å². The highest BCUT2D eigenvalue weighted by molar-refractivity contribution is 5.87. The lowest BCUT2D eigenvalue weighted by atomic mass is 9.83. The number of hydrogen-bond donors (Lipinski definition) is 0. The van der Waals surface area contributed by atoms with E-state index in [0.29, 0.717) is 24.8 Å². The third-order valence-electron chi connectivity index (χ3n) is 7.48. The van der Waals surface area contributed by atoms with Gasteiger partial charge in [-0.3, -0.25) is 4.90 Å². The fourth-order valence-electron chi connectivity index (χ4n) is 5.39. The second-order valence-corrected chi connectivity index (χ2v) is 9.81.